The summed E-state index contributed by atoms with van der Waals surface area (Å²) < 4.78 is 29.9. The van der Waals surface area contributed by atoms with Crippen molar-refractivity contribution in [2.75, 3.05) is 6.61 Å². The quantitative estimate of drug-likeness (QED) is 0.792. The molecule has 1 heterocycles. The van der Waals surface area contributed by atoms with Crippen LogP contribution in [-0.2, 0) is 16.0 Å². The zero-order valence-corrected chi connectivity index (χ0v) is 10.2. The highest BCUT2D eigenvalue weighted by atomic mass is 35.5. The summed E-state index contributed by atoms with van der Waals surface area (Å²) in [7, 11) is 0. The molecule has 0 saturated heterocycles. The number of pyridine rings is 1. The van der Waals surface area contributed by atoms with E-state index in [0.717, 1.165) is 6.20 Å². The Morgan fingerprint density at radius 1 is 1.67 bits per heavy atom. The Morgan fingerprint density at radius 3 is 2.83 bits per heavy atom. The van der Waals surface area contributed by atoms with Crippen LogP contribution in [-0.4, -0.2) is 17.6 Å². The number of rotatable bonds is 4. The van der Waals surface area contributed by atoms with Crippen molar-refractivity contribution in [1.82, 2.24) is 4.98 Å². The third-order valence-corrected chi connectivity index (χ3v) is 2.55. The Morgan fingerprint density at radius 2 is 2.33 bits per heavy atom. The van der Waals surface area contributed by atoms with Crippen LogP contribution >= 0.6 is 11.6 Å². The van der Waals surface area contributed by atoms with Crippen LogP contribution in [0.2, 0.25) is 5.02 Å². The molecule has 0 saturated carbocycles. The fourth-order valence-electron chi connectivity index (χ4n) is 1.31. The minimum atomic E-state index is -2.82. The number of hydrogen-bond acceptors (Lipinski definition) is 4. The number of ether oxygens (including phenoxy) is 1. The maximum absolute atomic E-state index is 12.6. The molecule has 0 aliphatic heterocycles. The molecule has 0 fully saturated rings. The summed E-state index contributed by atoms with van der Waals surface area (Å²) >= 11 is 5.75. The van der Waals surface area contributed by atoms with E-state index in [-0.39, 0.29) is 29.3 Å². The minimum Gasteiger partial charge on any atom is -0.466 e. The van der Waals surface area contributed by atoms with Gasteiger partial charge in [0.25, 0.3) is 6.43 Å². The predicted molar refractivity (Wildman–Crippen MR) is 59.3 cm³/mol. The lowest BCUT2D eigenvalue weighted by atomic mass is 10.1. The minimum absolute atomic E-state index is 0.0320. The summed E-state index contributed by atoms with van der Waals surface area (Å²) in [5.74, 6) is -0.649. The average Bonchev–Trinajstić information content (AvgIpc) is 2.31. The number of nitriles is 1. The molecule has 0 unspecified atom stereocenters. The Balaban J connectivity index is 3.18. The zero-order chi connectivity index (χ0) is 13.7. The van der Waals surface area contributed by atoms with Gasteiger partial charge in [-0.2, -0.15) is 5.26 Å². The summed E-state index contributed by atoms with van der Waals surface area (Å²) in [4.78, 5) is 14.9. The van der Waals surface area contributed by atoms with Crippen molar-refractivity contribution < 1.29 is 18.3 Å². The van der Waals surface area contributed by atoms with Crippen molar-refractivity contribution >= 4 is 17.6 Å². The summed E-state index contributed by atoms with van der Waals surface area (Å²) in [5, 5.41) is 8.49. The van der Waals surface area contributed by atoms with E-state index in [1.54, 1.807) is 13.0 Å². The van der Waals surface area contributed by atoms with Crippen LogP contribution in [0.25, 0.3) is 0 Å². The van der Waals surface area contributed by atoms with Crippen molar-refractivity contribution in [3.05, 3.63) is 28.0 Å². The van der Waals surface area contributed by atoms with Crippen LogP contribution in [0, 0.1) is 11.3 Å². The molecule has 18 heavy (non-hydrogen) atoms. The highest BCUT2D eigenvalue weighted by Gasteiger charge is 2.21. The lowest BCUT2D eigenvalue weighted by Crippen LogP contribution is -2.11. The Labute approximate surface area is 107 Å². The predicted octanol–water partition coefficient (Wildman–Crippen LogP) is 2.65. The lowest BCUT2D eigenvalue weighted by Gasteiger charge is -2.09. The summed E-state index contributed by atoms with van der Waals surface area (Å²) in [5.41, 5.74) is -0.692. The Hall–Kier alpha value is -1.74. The van der Waals surface area contributed by atoms with Gasteiger partial charge in [0.1, 0.15) is 11.8 Å². The molecule has 0 aromatic carbocycles. The van der Waals surface area contributed by atoms with Crippen molar-refractivity contribution in [2.45, 2.75) is 19.8 Å². The molecule has 96 valence electrons. The van der Waals surface area contributed by atoms with Gasteiger partial charge in [0.15, 0.2) is 0 Å². The molecule has 0 aliphatic rings. The number of aromatic nitrogens is 1. The first-order valence-corrected chi connectivity index (χ1v) is 5.40. The van der Waals surface area contributed by atoms with Gasteiger partial charge >= 0.3 is 5.97 Å². The lowest BCUT2D eigenvalue weighted by molar-refractivity contribution is -0.142. The van der Waals surface area contributed by atoms with Gasteiger partial charge in [-0.15, -0.1) is 0 Å². The van der Waals surface area contributed by atoms with Crippen LogP contribution in [0.15, 0.2) is 6.20 Å². The second-order valence-electron chi connectivity index (χ2n) is 3.25. The average molecular weight is 275 g/mol. The molecule has 1 rings (SSSR count). The van der Waals surface area contributed by atoms with E-state index in [1.807, 2.05) is 0 Å². The fraction of sp³-hybridized carbons (Fsp3) is 0.364. The number of carbonyl (C=O) groups excluding carboxylic acids is 1. The second-order valence-corrected chi connectivity index (χ2v) is 3.63. The molecule has 0 amide bonds. The molecule has 0 N–H and O–H groups in total. The van der Waals surface area contributed by atoms with E-state index in [0.29, 0.717) is 0 Å². The highest BCUT2D eigenvalue weighted by Crippen LogP contribution is 2.30. The van der Waals surface area contributed by atoms with Crippen LogP contribution in [0.1, 0.15) is 30.2 Å². The van der Waals surface area contributed by atoms with Gasteiger partial charge in [0.2, 0.25) is 0 Å². The van der Waals surface area contributed by atoms with Gasteiger partial charge < -0.3 is 4.74 Å². The molecular formula is C11H9ClF2N2O2. The van der Waals surface area contributed by atoms with Gasteiger partial charge in [0, 0.05) is 11.8 Å². The van der Waals surface area contributed by atoms with E-state index in [4.69, 9.17) is 16.9 Å². The van der Waals surface area contributed by atoms with Crippen molar-refractivity contribution in [3.8, 4) is 6.07 Å². The van der Waals surface area contributed by atoms with E-state index >= 15 is 0 Å². The van der Waals surface area contributed by atoms with Crippen LogP contribution in [0.3, 0.4) is 0 Å². The SMILES string of the molecule is CCOC(=O)Cc1c(C#N)ncc(C(F)F)c1Cl. The third kappa shape index (κ3) is 3.14. The molecule has 1 aromatic heterocycles. The van der Waals surface area contributed by atoms with E-state index in [9.17, 15) is 13.6 Å². The molecule has 0 bridgehead atoms. The van der Waals surface area contributed by atoms with Crippen molar-refractivity contribution in [2.24, 2.45) is 0 Å². The molecule has 7 heteroatoms. The van der Waals surface area contributed by atoms with Crippen LogP contribution in [0.4, 0.5) is 8.78 Å². The number of alkyl halides is 2. The third-order valence-electron chi connectivity index (χ3n) is 2.10. The zero-order valence-electron chi connectivity index (χ0n) is 9.41. The maximum atomic E-state index is 12.6. The molecule has 0 radical (unpaired) electrons. The first-order valence-electron chi connectivity index (χ1n) is 5.02. The van der Waals surface area contributed by atoms with Gasteiger partial charge in [0.05, 0.1) is 23.6 Å². The number of hydrogen-bond donors (Lipinski definition) is 0. The molecule has 0 spiro atoms. The van der Waals surface area contributed by atoms with Gasteiger partial charge in [-0.05, 0) is 6.92 Å². The van der Waals surface area contributed by atoms with Gasteiger partial charge in [-0.3, -0.25) is 4.79 Å². The summed E-state index contributed by atoms with van der Waals surface area (Å²) in [6.45, 7) is 1.76. The van der Waals surface area contributed by atoms with Crippen LogP contribution < -0.4 is 0 Å². The van der Waals surface area contributed by atoms with Gasteiger partial charge in [-0.25, -0.2) is 13.8 Å². The summed E-state index contributed by atoms with van der Waals surface area (Å²) in [6, 6.07) is 1.70. The maximum Gasteiger partial charge on any atom is 0.310 e. The number of carbonyl (C=O) groups is 1. The largest absolute Gasteiger partial charge is 0.466 e. The second kappa shape index (κ2) is 6.26. The van der Waals surface area contributed by atoms with Crippen molar-refractivity contribution in [1.29, 1.82) is 5.26 Å². The number of nitrogens with zero attached hydrogens (tertiary/aromatic N) is 2. The number of esters is 1. The molecule has 0 atom stereocenters. The molecule has 0 aliphatic carbocycles. The molecule has 1 aromatic rings. The summed E-state index contributed by atoms with van der Waals surface area (Å²) in [6.07, 6.45) is -2.35. The Kier molecular flexibility index (Phi) is 4.98. The first kappa shape index (κ1) is 14.3. The number of halogens is 3. The fourth-order valence-corrected chi connectivity index (χ4v) is 1.60. The smallest absolute Gasteiger partial charge is 0.310 e. The Bertz CT molecular complexity index is 501. The highest BCUT2D eigenvalue weighted by molar-refractivity contribution is 6.32. The van der Waals surface area contributed by atoms with E-state index in [2.05, 4.69) is 9.72 Å². The normalized spacial score (nSPS) is 10.2. The molecular weight excluding hydrogens is 266 g/mol. The standard InChI is InChI=1S/C11H9ClF2N2O2/c1-2-18-9(17)3-6-8(4-15)16-5-7(10(6)12)11(13)14/h5,11H,2-3H2,1H3. The van der Waals surface area contributed by atoms with E-state index < -0.39 is 18.0 Å². The van der Waals surface area contributed by atoms with Crippen LogP contribution in [0.5, 0.6) is 0 Å². The van der Waals surface area contributed by atoms with Gasteiger partial charge in [-0.1, -0.05) is 11.6 Å². The molecule has 4 nitrogen and oxygen atoms in total. The topological polar surface area (TPSA) is 63.0 Å². The van der Waals surface area contributed by atoms with E-state index in [1.165, 1.54) is 0 Å². The first-order chi connectivity index (χ1) is 8.51. The monoisotopic (exact) mass is 274 g/mol. The van der Waals surface area contributed by atoms with Crippen molar-refractivity contribution in [3.63, 3.8) is 0 Å².